The Balaban J connectivity index is 1.31. The molecule has 2 aliphatic rings. The van der Waals surface area contributed by atoms with Crippen LogP contribution in [-0.4, -0.2) is 72.3 Å². The zero-order valence-corrected chi connectivity index (χ0v) is 20.6. The quantitative estimate of drug-likeness (QED) is 0.434. The predicted octanol–water partition coefficient (Wildman–Crippen LogP) is 1.81. The first-order chi connectivity index (χ1) is 18.1. The van der Waals surface area contributed by atoms with Crippen molar-refractivity contribution in [3.63, 3.8) is 0 Å². The Kier molecular flexibility index (Phi) is 5.43. The normalized spacial score (nSPS) is 17.8. The Morgan fingerprint density at radius 1 is 1.08 bits per heavy atom. The van der Waals surface area contributed by atoms with Crippen LogP contribution in [0, 0.1) is 0 Å². The number of benzene rings is 1. The third-order valence-corrected chi connectivity index (χ3v) is 7.16. The molecule has 5 heterocycles. The number of carbonyl (C=O) groups excluding carboxylic acids is 1. The van der Waals surface area contributed by atoms with Crippen molar-refractivity contribution < 1.29 is 18.0 Å². The van der Waals surface area contributed by atoms with Gasteiger partial charge < -0.3 is 15.1 Å². The van der Waals surface area contributed by atoms with Crippen LogP contribution >= 0.6 is 0 Å². The SMILES string of the molecule is Cn1cc(C(F)(F)F)c(Cn2c3cc(-c4cnc(N5CCN6C(=O)NCC6C5)nc4)ccc3c(=O)n2C)n1. The number of urea groups is 1. The van der Waals surface area contributed by atoms with Gasteiger partial charge in [-0.25, -0.2) is 14.8 Å². The monoisotopic (exact) mass is 527 g/mol. The van der Waals surface area contributed by atoms with Gasteiger partial charge in [0.25, 0.3) is 5.56 Å². The molecular formula is C24H24F3N9O2. The number of aromatic nitrogens is 6. The number of piperazine rings is 1. The van der Waals surface area contributed by atoms with Crippen molar-refractivity contribution in [2.45, 2.75) is 18.8 Å². The topological polar surface area (TPSA) is 106 Å². The number of hydrogen-bond acceptors (Lipinski definition) is 6. The summed E-state index contributed by atoms with van der Waals surface area (Å²) in [5.74, 6) is 0.556. The molecule has 0 spiro atoms. The maximum absolute atomic E-state index is 13.5. The molecule has 198 valence electrons. The number of amides is 2. The van der Waals surface area contributed by atoms with Crippen molar-refractivity contribution in [1.29, 1.82) is 0 Å². The maximum Gasteiger partial charge on any atom is 0.419 e. The van der Waals surface area contributed by atoms with E-state index < -0.39 is 11.7 Å². The van der Waals surface area contributed by atoms with Crippen LogP contribution in [0.4, 0.5) is 23.9 Å². The number of aryl methyl sites for hydroxylation is 1. The van der Waals surface area contributed by atoms with Crippen LogP contribution in [0.5, 0.6) is 0 Å². The third kappa shape index (κ3) is 3.96. The van der Waals surface area contributed by atoms with Crippen molar-refractivity contribution in [3.05, 3.63) is 58.4 Å². The summed E-state index contributed by atoms with van der Waals surface area (Å²) in [7, 11) is 2.95. The fraction of sp³-hybridized carbons (Fsp3) is 0.375. The first kappa shape index (κ1) is 24.0. The van der Waals surface area contributed by atoms with Gasteiger partial charge in [0.1, 0.15) is 0 Å². The molecule has 1 aromatic carbocycles. The van der Waals surface area contributed by atoms with Gasteiger partial charge in [-0.3, -0.25) is 18.8 Å². The van der Waals surface area contributed by atoms with E-state index in [9.17, 15) is 22.8 Å². The minimum Gasteiger partial charge on any atom is -0.337 e. The largest absolute Gasteiger partial charge is 0.419 e. The van der Waals surface area contributed by atoms with E-state index >= 15 is 0 Å². The van der Waals surface area contributed by atoms with Crippen LogP contribution in [0.25, 0.3) is 22.0 Å². The van der Waals surface area contributed by atoms with Crippen LogP contribution in [0.15, 0.2) is 41.6 Å². The molecule has 1 unspecified atom stereocenters. The Morgan fingerprint density at radius 3 is 2.58 bits per heavy atom. The number of nitrogens with zero attached hydrogens (tertiary/aromatic N) is 8. The van der Waals surface area contributed by atoms with Gasteiger partial charge in [0, 0.05) is 64.4 Å². The van der Waals surface area contributed by atoms with Gasteiger partial charge in [0.05, 0.1) is 34.7 Å². The van der Waals surface area contributed by atoms with E-state index in [-0.39, 0.29) is 29.9 Å². The van der Waals surface area contributed by atoms with E-state index in [4.69, 9.17) is 0 Å². The second-order valence-electron chi connectivity index (χ2n) is 9.53. The molecule has 6 rings (SSSR count). The van der Waals surface area contributed by atoms with E-state index in [0.29, 0.717) is 48.6 Å². The second kappa shape index (κ2) is 8.60. The summed E-state index contributed by atoms with van der Waals surface area (Å²) in [4.78, 5) is 37.6. The zero-order chi connectivity index (χ0) is 26.8. The Bertz CT molecular complexity index is 1600. The van der Waals surface area contributed by atoms with E-state index in [1.54, 1.807) is 30.6 Å². The van der Waals surface area contributed by atoms with E-state index in [2.05, 4.69) is 20.4 Å². The van der Waals surface area contributed by atoms with Crippen molar-refractivity contribution in [2.24, 2.45) is 14.1 Å². The molecule has 2 amide bonds. The number of halogens is 3. The highest BCUT2D eigenvalue weighted by molar-refractivity contribution is 5.84. The summed E-state index contributed by atoms with van der Waals surface area (Å²) in [5, 5.41) is 7.23. The van der Waals surface area contributed by atoms with Crippen molar-refractivity contribution in [2.75, 3.05) is 31.1 Å². The van der Waals surface area contributed by atoms with Crippen LogP contribution in [-0.2, 0) is 26.8 Å². The first-order valence-electron chi connectivity index (χ1n) is 12.0. The average Bonchev–Trinajstić information content (AvgIpc) is 3.54. The summed E-state index contributed by atoms with van der Waals surface area (Å²) in [6.07, 6.45) is -0.268. The smallest absolute Gasteiger partial charge is 0.337 e. The molecule has 0 aliphatic carbocycles. The van der Waals surface area contributed by atoms with Gasteiger partial charge in [-0.15, -0.1) is 0 Å². The maximum atomic E-state index is 13.5. The van der Waals surface area contributed by atoms with E-state index in [0.717, 1.165) is 16.4 Å². The number of fused-ring (bicyclic) bond motifs is 2. The molecule has 0 saturated carbocycles. The minimum atomic E-state index is -4.56. The molecule has 0 bridgehead atoms. The highest BCUT2D eigenvalue weighted by atomic mass is 19.4. The Hall–Kier alpha value is -4.36. The molecule has 11 nitrogen and oxygen atoms in total. The Morgan fingerprint density at radius 2 is 1.84 bits per heavy atom. The molecule has 1 N–H and O–H groups in total. The summed E-state index contributed by atoms with van der Waals surface area (Å²) < 4.78 is 44.6. The number of carbonyl (C=O) groups is 1. The van der Waals surface area contributed by atoms with Crippen LogP contribution in [0.1, 0.15) is 11.3 Å². The van der Waals surface area contributed by atoms with Crippen LogP contribution < -0.4 is 15.8 Å². The lowest BCUT2D eigenvalue weighted by Crippen LogP contribution is -2.52. The number of nitrogens with one attached hydrogen (secondary N) is 1. The van der Waals surface area contributed by atoms with Crippen LogP contribution in [0.3, 0.4) is 0 Å². The lowest BCUT2D eigenvalue weighted by molar-refractivity contribution is -0.138. The highest BCUT2D eigenvalue weighted by Gasteiger charge is 2.37. The standard InChI is InChI=1S/C24H24F3N9O2/c1-32-12-18(24(25,26)27)19(31-32)13-36-20-7-14(3-4-17(20)21(37)33(36)2)15-8-28-22(29-9-15)34-5-6-35-16(11-34)10-30-23(35)38/h3-4,7-9,12,16H,5-6,10-11,13H2,1-2H3,(H,30,38). The molecule has 3 aromatic heterocycles. The lowest BCUT2D eigenvalue weighted by Gasteiger charge is -2.36. The van der Waals surface area contributed by atoms with Gasteiger partial charge in [-0.1, -0.05) is 6.07 Å². The average molecular weight is 528 g/mol. The zero-order valence-electron chi connectivity index (χ0n) is 20.6. The lowest BCUT2D eigenvalue weighted by atomic mass is 10.1. The van der Waals surface area contributed by atoms with Gasteiger partial charge in [0.15, 0.2) is 0 Å². The predicted molar refractivity (Wildman–Crippen MR) is 132 cm³/mol. The molecule has 2 saturated heterocycles. The number of hydrogen-bond donors (Lipinski definition) is 1. The van der Waals surface area contributed by atoms with E-state index in [1.807, 2.05) is 9.80 Å². The van der Waals surface area contributed by atoms with Crippen molar-refractivity contribution in [3.8, 4) is 11.1 Å². The molecule has 38 heavy (non-hydrogen) atoms. The van der Waals surface area contributed by atoms with Gasteiger partial charge in [-0.05, 0) is 17.7 Å². The highest BCUT2D eigenvalue weighted by Crippen LogP contribution is 2.32. The number of anilines is 1. The molecule has 2 fully saturated rings. The number of rotatable bonds is 4. The summed E-state index contributed by atoms with van der Waals surface area (Å²) in [6.45, 7) is 2.21. The molecular weight excluding hydrogens is 503 g/mol. The summed E-state index contributed by atoms with van der Waals surface area (Å²) in [5.41, 5.74) is 0.562. The molecule has 4 aromatic rings. The summed E-state index contributed by atoms with van der Waals surface area (Å²) in [6, 6.07) is 5.21. The fourth-order valence-corrected chi connectivity index (χ4v) is 5.19. The second-order valence-corrected chi connectivity index (χ2v) is 9.53. The number of alkyl halides is 3. The molecule has 14 heteroatoms. The first-order valence-corrected chi connectivity index (χ1v) is 12.0. The molecule has 0 radical (unpaired) electrons. The minimum absolute atomic E-state index is 0.0432. The van der Waals surface area contributed by atoms with Gasteiger partial charge in [-0.2, -0.15) is 18.3 Å². The van der Waals surface area contributed by atoms with Crippen molar-refractivity contribution >= 4 is 22.9 Å². The third-order valence-electron chi connectivity index (χ3n) is 7.16. The summed E-state index contributed by atoms with van der Waals surface area (Å²) >= 11 is 0. The fourth-order valence-electron chi connectivity index (χ4n) is 5.19. The van der Waals surface area contributed by atoms with Gasteiger partial charge >= 0.3 is 12.2 Å². The van der Waals surface area contributed by atoms with Gasteiger partial charge in [0.2, 0.25) is 5.95 Å². The van der Waals surface area contributed by atoms with E-state index in [1.165, 1.54) is 23.5 Å². The Labute approximate surface area is 214 Å². The molecule has 2 aliphatic heterocycles. The van der Waals surface area contributed by atoms with Crippen molar-refractivity contribution in [1.82, 2.24) is 39.3 Å². The van der Waals surface area contributed by atoms with Crippen LogP contribution in [0.2, 0.25) is 0 Å². The molecule has 1 atom stereocenters.